The summed E-state index contributed by atoms with van der Waals surface area (Å²) in [5, 5.41) is 63.9. The van der Waals surface area contributed by atoms with Gasteiger partial charge in [0.2, 0.25) is 0 Å². The molecule has 0 unspecified atom stereocenters. The van der Waals surface area contributed by atoms with Crippen LogP contribution in [0.3, 0.4) is 0 Å². The number of carboxylic acid groups (broad SMARTS) is 7. The van der Waals surface area contributed by atoms with E-state index in [1.54, 1.807) is 0 Å². The second-order valence-corrected chi connectivity index (χ2v) is 4.03. The Morgan fingerprint density at radius 3 is 0.241 bits per heavy atom. The Morgan fingerprint density at radius 2 is 0.241 bits per heavy atom. The van der Waals surface area contributed by atoms with Crippen LogP contribution in [0.1, 0.15) is 0 Å². The monoisotopic (exact) mass is 1390 g/mol. The van der Waals surface area contributed by atoms with Gasteiger partial charge in [-0.3, -0.25) is 0 Å². The zero-order valence-corrected chi connectivity index (χ0v) is 48.6. The Kier molecular flexibility index (Phi) is 844. The molecule has 21 nitrogen and oxygen atoms in total. The third-order valence-corrected chi connectivity index (χ3v) is 1.17. The first-order chi connectivity index (χ1) is 15.9. The first-order valence-corrected chi connectivity index (χ1v) is 8.19. The quantitative estimate of drug-likeness (QED) is 0.116. The summed E-state index contributed by atoms with van der Waals surface area (Å²) in [6.45, 7) is -2.72. The van der Waals surface area contributed by atoms with Crippen LogP contribution >= 0.6 is 261 Å². The fraction of sp³-hybridized carbons (Fsp3) is 0.500. The Hall–Kier alpha value is 3.52. The van der Waals surface area contributed by atoms with Crippen LogP contribution in [0.15, 0.2) is 0 Å². The van der Waals surface area contributed by atoms with Gasteiger partial charge in [0.15, 0.2) is 0 Å². The number of carbonyl (C=O) groups is 7. The van der Waals surface area contributed by atoms with Crippen LogP contribution in [0, 0.1) is 0 Å². The van der Waals surface area contributed by atoms with Crippen molar-refractivity contribution in [2.75, 3.05) is 45.8 Å². The standard InChI is InChI=1S/7C2H5NO2.Al.21ClH.Zr/c7*3-1-2(4)5;;;;;;;;;;;;;;;;;;;;;;;/h7*1,3H2,(H,4,5);;21*1H;/q;;;;;;;+3;;;;;;;;;;;;;;;;;;;;;;+4/p-7. The normalized spacial score (nSPS) is 4.47. The molecule has 0 rings (SSSR count). The molecule has 0 aliphatic rings. The Morgan fingerprint density at radius 1 is 0.224 bits per heavy atom. The summed E-state index contributed by atoms with van der Waals surface area (Å²) >= 11 is 0. The van der Waals surface area contributed by atoms with Crippen LogP contribution in [-0.4, -0.2) is 105 Å². The van der Waals surface area contributed by atoms with Gasteiger partial charge < -0.3 is 109 Å². The second-order valence-electron chi connectivity index (χ2n) is 4.03. The van der Waals surface area contributed by atoms with Crippen LogP contribution < -0.4 is 75.9 Å². The first kappa shape index (κ1) is 227. The Labute approximate surface area is 495 Å². The van der Waals surface area contributed by atoms with Crippen molar-refractivity contribution >= 4 is 320 Å². The summed E-state index contributed by atoms with van der Waals surface area (Å²) in [5.41, 5.74) is 31.6. The summed E-state index contributed by atoms with van der Waals surface area (Å²) in [4.78, 5) is 63.9. The maximum Gasteiger partial charge on any atom is 4.00 e. The average Bonchev–Trinajstić information content (AvgIpc) is 2.80. The molecule has 0 aliphatic carbocycles. The van der Waals surface area contributed by atoms with Crippen molar-refractivity contribution in [2.24, 2.45) is 40.1 Å². The molecule has 0 saturated heterocycles. The topological polar surface area (TPSA) is 463 Å². The minimum absolute atomic E-state index is 0. The Bertz CT molecular complexity index is 506. The van der Waals surface area contributed by atoms with E-state index in [1.165, 1.54) is 0 Å². The van der Waals surface area contributed by atoms with E-state index < -0.39 is 41.8 Å². The first-order valence-electron chi connectivity index (χ1n) is 8.19. The van der Waals surface area contributed by atoms with Crippen LogP contribution in [0.2, 0.25) is 0 Å². The zero-order chi connectivity index (χ0) is 30.0. The van der Waals surface area contributed by atoms with Gasteiger partial charge in [-0.1, -0.05) is 0 Å². The van der Waals surface area contributed by atoms with Gasteiger partial charge in [-0.25, -0.2) is 0 Å². The molecule has 0 aromatic rings. The van der Waals surface area contributed by atoms with Gasteiger partial charge in [-0.05, 0) is 0 Å². The van der Waals surface area contributed by atoms with E-state index in [0.29, 0.717) is 0 Å². The summed E-state index contributed by atoms with van der Waals surface area (Å²) in [5.74, 6) is -8.52. The van der Waals surface area contributed by atoms with Crippen LogP contribution in [0.25, 0.3) is 0 Å². The predicted octanol–water partition coefficient (Wildman–Crippen LogP) is -7.66. The van der Waals surface area contributed by atoms with E-state index in [-0.39, 0.29) is 350 Å². The summed E-state index contributed by atoms with van der Waals surface area (Å²) in [6.07, 6.45) is 0. The van der Waals surface area contributed by atoms with Crippen LogP contribution in [0.5, 0.6) is 0 Å². The molecule has 0 radical (unpaired) electrons. The van der Waals surface area contributed by atoms with E-state index >= 15 is 0 Å². The van der Waals surface area contributed by atoms with Crippen molar-refractivity contribution in [3.05, 3.63) is 0 Å². The van der Waals surface area contributed by atoms with Crippen molar-refractivity contribution < 1.29 is 95.5 Å². The molecule has 0 aliphatic heterocycles. The molecule has 0 amide bonds. The number of aliphatic carboxylic acids is 7. The number of hydrogen-bond donors (Lipinski definition) is 7. The minimum Gasteiger partial charge on any atom is -0.549 e. The van der Waals surface area contributed by atoms with Crippen molar-refractivity contribution in [2.45, 2.75) is 0 Å². The number of nitrogens with two attached hydrogens (primary N) is 7. The van der Waals surface area contributed by atoms with E-state index in [2.05, 4.69) is 40.1 Å². The van der Waals surface area contributed by atoms with Crippen molar-refractivity contribution in [3.63, 3.8) is 0 Å². The molecule has 58 heavy (non-hydrogen) atoms. The second kappa shape index (κ2) is 216. The molecular weight excluding hydrogens is 1350 g/mol. The van der Waals surface area contributed by atoms with Gasteiger partial charge >= 0.3 is 43.6 Å². The van der Waals surface area contributed by atoms with Crippen LogP contribution in [-0.2, 0) is 59.8 Å². The molecule has 0 atom stereocenters. The zero-order valence-electron chi connectivity index (χ0n) is 27.9. The molecule has 0 aromatic heterocycles. The van der Waals surface area contributed by atoms with Gasteiger partial charge in [0.25, 0.3) is 0 Å². The average molecular weight is 1400 g/mol. The molecular formula is C14H49AlCl21N7O14Zr. The van der Waals surface area contributed by atoms with Crippen molar-refractivity contribution in [3.8, 4) is 0 Å². The minimum atomic E-state index is -1.22. The van der Waals surface area contributed by atoms with Gasteiger partial charge in [0, 0.05) is 45.8 Å². The largest absolute Gasteiger partial charge is 4.00 e. The van der Waals surface area contributed by atoms with Crippen molar-refractivity contribution in [1.82, 2.24) is 0 Å². The van der Waals surface area contributed by atoms with Crippen LogP contribution in [0.4, 0.5) is 0 Å². The number of hydrogen-bond acceptors (Lipinski definition) is 21. The maximum absolute atomic E-state index is 9.13. The van der Waals surface area contributed by atoms with E-state index in [1.807, 2.05) is 0 Å². The van der Waals surface area contributed by atoms with E-state index in [4.69, 9.17) is 69.3 Å². The van der Waals surface area contributed by atoms with E-state index in [0.717, 1.165) is 0 Å². The number of carboxylic acids is 7. The summed E-state index contributed by atoms with van der Waals surface area (Å²) in [7, 11) is 0. The fourth-order valence-electron chi connectivity index (χ4n) is 0. The van der Waals surface area contributed by atoms with Gasteiger partial charge in [-0.2, -0.15) is 0 Å². The molecule has 14 N–H and O–H groups in total. The van der Waals surface area contributed by atoms with Gasteiger partial charge in [0.1, 0.15) is 0 Å². The number of rotatable bonds is 7. The third-order valence-electron chi connectivity index (χ3n) is 1.17. The summed E-state index contributed by atoms with van der Waals surface area (Å²) < 4.78 is 0. The molecule has 0 bridgehead atoms. The maximum atomic E-state index is 9.13. The smallest absolute Gasteiger partial charge is 0.549 e. The molecule has 0 heterocycles. The fourth-order valence-corrected chi connectivity index (χ4v) is 0. The number of halogens is 21. The van der Waals surface area contributed by atoms with Gasteiger partial charge in [0.05, 0.1) is 41.8 Å². The third kappa shape index (κ3) is 664. The number of carbonyl (C=O) groups excluding carboxylic acids is 7. The molecule has 0 saturated carbocycles. The van der Waals surface area contributed by atoms with E-state index in [9.17, 15) is 0 Å². The molecule has 44 heteroatoms. The molecule has 378 valence electrons. The molecule has 0 aromatic carbocycles. The van der Waals surface area contributed by atoms with Crippen molar-refractivity contribution in [1.29, 1.82) is 0 Å². The predicted molar refractivity (Wildman–Crippen MR) is 256 cm³/mol. The SMILES string of the molecule is Cl.Cl.Cl.Cl.Cl.Cl.Cl.Cl.Cl.Cl.Cl.Cl.Cl.Cl.Cl.Cl.Cl.Cl.Cl.Cl.Cl.NCC(=O)[O-].NCC(=O)[O-].NCC(=O)[O-].NCC(=O)[O-].NCC(=O)[O-].NCC(=O)[O-].NCC(=O)[O-].[Al+3].[Zr+4]. The molecule has 0 spiro atoms. The Balaban J connectivity index is -0.00000000528. The summed E-state index contributed by atoms with van der Waals surface area (Å²) in [6, 6.07) is 0. The van der Waals surface area contributed by atoms with Gasteiger partial charge in [-0.15, -0.1) is 261 Å². The molecule has 0 fully saturated rings.